The average molecular weight is 503 g/mol. The van der Waals surface area contributed by atoms with Crippen LogP contribution in [-0.4, -0.2) is 44.2 Å². The number of ether oxygens (including phenoxy) is 2. The first-order chi connectivity index (χ1) is 17.2. The molecule has 0 bridgehead atoms. The molecular formula is C24H24F3N5O4. The number of amides is 3. The lowest BCUT2D eigenvalue weighted by Crippen LogP contribution is -2.23. The fraction of sp³-hybridized carbons (Fsp3) is 0.208. The lowest BCUT2D eigenvalue weighted by molar-refractivity contribution is -0.138. The molecule has 3 rings (SSSR count). The third-order valence-electron chi connectivity index (χ3n) is 4.71. The SMILES string of the molecule is CNCCOc1cccc(NC(=O)Nc2ccc(Oc3ccnc(C(=O)NC)c3)cc2)c1C(F)(F)F. The summed E-state index contributed by atoms with van der Waals surface area (Å²) in [6.07, 6.45) is -3.32. The molecule has 9 nitrogen and oxygen atoms in total. The van der Waals surface area contributed by atoms with Crippen molar-refractivity contribution in [3.8, 4) is 17.2 Å². The number of nitrogens with zero attached hydrogens (tertiary/aromatic N) is 1. The van der Waals surface area contributed by atoms with Crippen LogP contribution >= 0.6 is 0 Å². The molecule has 0 spiro atoms. The predicted octanol–water partition coefficient (Wildman–Crippen LogP) is 4.49. The van der Waals surface area contributed by atoms with Gasteiger partial charge in [-0.2, -0.15) is 13.2 Å². The van der Waals surface area contributed by atoms with Gasteiger partial charge in [-0.1, -0.05) is 6.07 Å². The summed E-state index contributed by atoms with van der Waals surface area (Å²) in [6, 6.07) is 12.0. The van der Waals surface area contributed by atoms with Gasteiger partial charge in [0.2, 0.25) is 0 Å². The number of carbonyl (C=O) groups excluding carboxylic acids is 2. The Kier molecular flexibility index (Phi) is 8.68. The number of aromatic nitrogens is 1. The normalized spacial score (nSPS) is 10.9. The van der Waals surface area contributed by atoms with Crippen molar-refractivity contribution in [2.45, 2.75) is 6.18 Å². The van der Waals surface area contributed by atoms with E-state index in [-0.39, 0.29) is 24.0 Å². The van der Waals surface area contributed by atoms with Gasteiger partial charge in [-0.25, -0.2) is 4.79 Å². The van der Waals surface area contributed by atoms with Crippen molar-refractivity contribution in [1.82, 2.24) is 15.6 Å². The number of anilines is 2. The molecule has 0 aliphatic rings. The molecule has 12 heteroatoms. The van der Waals surface area contributed by atoms with Gasteiger partial charge in [0.15, 0.2) is 0 Å². The van der Waals surface area contributed by atoms with Gasteiger partial charge in [-0.15, -0.1) is 0 Å². The van der Waals surface area contributed by atoms with Crippen molar-refractivity contribution in [2.75, 3.05) is 37.9 Å². The predicted molar refractivity (Wildman–Crippen MR) is 128 cm³/mol. The van der Waals surface area contributed by atoms with Gasteiger partial charge in [-0.3, -0.25) is 9.78 Å². The lowest BCUT2D eigenvalue weighted by atomic mass is 10.1. The molecule has 3 amide bonds. The molecule has 4 N–H and O–H groups in total. The first kappa shape index (κ1) is 26.3. The number of hydrogen-bond donors (Lipinski definition) is 4. The quantitative estimate of drug-likeness (QED) is 0.320. The zero-order valence-corrected chi connectivity index (χ0v) is 19.4. The Morgan fingerprint density at radius 3 is 2.39 bits per heavy atom. The monoisotopic (exact) mass is 503 g/mol. The summed E-state index contributed by atoms with van der Waals surface area (Å²) in [7, 11) is 3.14. The second kappa shape index (κ2) is 11.9. The highest BCUT2D eigenvalue weighted by Gasteiger charge is 2.37. The smallest absolute Gasteiger partial charge is 0.421 e. The van der Waals surface area contributed by atoms with Crippen LogP contribution in [0.15, 0.2) is 60.8 Å². The minimum atomic E-state index is -4.75. The van der Waals surface area contributed by atoms with E-state index >= 15 is 0 Å². The Bertz CT molecular complexity index is 1200. The van der Waals surface area contributed by atoms with Crippen molar-refractivity contribution in [3.05, 3.63) is 72.1 Å². The average Bonchev–Trinajstić information content (AvgIpc) is 2.84. The topological polar surface area (TPSA) is 114 Å². The van der Waals surface area contributed by atoms with E-state index < -0.39 is 23.5 Å². The molecule has 0 fully saturated rings. The van der Waals surface area contributed by atoms with Gasteiger partial charge in [-0.05, 0) is 49.5 Å². The van der Waals surface area contributed by atoms with Crippen molar-refractivity contribution < 1.29 is 32.2 Å². The Morgan fingerprint density at radius 1 is 0.972 bits per heavy atom. The van der Waals surface area contributed by atoms with Crippen LogP contribution in [-0.2, 0) is 6.18 Å². The number of pyridine rings is 1. The maximum Gasteiger partial charge on any atom is 0.421 e. The Balaban J connectivity index is 1.67. The van der Waals surface area contributed by atoms with Crippen LogP contribution in [0.1, 0.15) is 16.1 Å². The Hall–Kier alpha value is -4.32. The molecule has 0 saturated heterocycles. The highest BCUT2D eigenvalue weighted by Crippen LogP contribution is 2.41. The number of benzene rings is 2. The minimum absolute atomic E-state index is 0.0241. The summed E-state index contributed by atoms with van der Waals surface area (Å²) in [5, 5.41) is 9.96. The molecule has 1 aromatic heterocycles. The summed E-state index contributed by atoms with van der Waals surface area (Å²) in [5.74, 6) is 0.0295. The van der Waals surface area contributed by atoms with Crippen LogP contribution in [0.5, 0.6) is 17.2 Å². The van der Waals surface area contributed by atoms with Gasteiger partial charge < -0.3 is 30.7 Å². The molecule has 1 heterocycles. The number of rotatable bonds is 9. The van der Waals surface area contributed by atoms with E-state index in [0.29, 0.717) is 23.7 Å². The lowest BCUT2D eigenvalue weighted by Gasteiger charge is -2.18. The minimum Gasteiger partial charge on any atom is -0.492 e. The van der Waals surface area contributed by atoms with E-state index in [9.17, 15) is 22.8 Å². The van der Waals surface area contributed by atoms with Gasteiger partial charge in [0, 0.05) is 31.5 Å². The number of nitrogens with one attached hydrogen (secondary N) is 4. The number of carbonyl (C=O) groups is 2. The summed E-state index contributed by atoms with van der Waals surface area (Å²) in [5.41, 5.74) is -1.02. The van der Waals surface area contributed by atoms with Crippen LogP contribution in [0, 0.1) is 0 Å². The summed E-state index contributed by atoms with van der Waals surface area (Å²) < 4.78 is 52.0. The summed E-state index contributed by atoms with van der Waals surface area (Å²) in [6.45, 7) is 0.377. The Labute approximate surface area is 205 Å². The van der Waals surface area contributed by atoms with Crippen molar-refractivity contribution in [2.24, 2.45) is 0 Å². The first-order valence-electron chi connectivity index (χ1n) is 10.7. The summed E-state index contributed by atoms with van der Waals surface area (Å²) >= 11 is 0. The molecule has 2 aromatic carbocycles. The van der Waals surface area contributed by atoms with E-state index in [2.05, 4.69) is 26.3 Å². The second-order valence-electron chi connectivity index (χ2n) is 7.29. The number of likely N-dealkylation sites (N-methyl/N-ethyl adjacent to an activating group) is 1. The Morgan fingerprint density at radius 2 is 1.72 bits per heavy atom. The largest absolute Gasteiger partial charge is 0.492 e. The van der Waals surface area contributed by atoms with Gasteiger partial charge in [0.25, 0.3) is 5.91 Å². The van der Waals surface area contributed by atoms with Gasteiger partial charge in [0.05, 0.1) is 5.69 Å². The van der Waals surface area contributed by atoms with Crippen LogP contribution in [0.4, 0.5) is 29.3 Å². The van der Waals surface area contributed by atoms with Crippen molar-refractivity contribution >= 4 is 23.3 Å². The molecule has 0 radical (unpaired) electrons. The molecule has 0 saturated carbocycles. The fourth-order valence-corrected chi connectivity index (χ4v) is 3.06. The highest BCUT2D eigenvalue weighted by atomic mass is 19.4. The van der Waals surface area contributed by atoms with E-state index in [1.165, 1.54) is 43.6 Å². The molecule has 0 aliphatic heterocycles. The van der Waals surface area contributed by atoms with Gasteiger partial charge in [0.1, 0.15) is 35.1 Å². The second-order valence-corrected chi connectivity index (χ2v) is 7.29. The highest BCUT2D eigenvalue weighted by molar-refractivity contribution is 6.00. The van der Waals surface area contributed by atoms with E-state index in [1.54, 1.807) is 25.2 Å². The van der Waals surface area contributed by atoms with Crippen LogP contribution < -0.4 is 30.7 Å². The standard InChI is InChI=1S/C24H24F3N5O4/c1-28-12-13-35-20-5-3-4-18(21(20)24(25,26)27)32-23(34)31-15-6-8-16(9-7-15)36-17-10-11-30-19(14-17)22(33)29-2/h3-11,14,28H,12-13H2,1-2H3,(H,29,33)(H2,31,32,34). The molecular weight excluding hydrogens is 479 g/mol. The maximum absolute atomic E-state index is 13.7. The van der Waals surface area contributed by atoms with E-state index in [0.717, 1.165) is 6.07 Å². The molecule has 3 aromatic rings. The van der Waals surface area contributed by atoms with E-state index in [4.69, 9.17) is 9.47 Å². The van der Waals surface area contributed by atoms with Crippen LogP contribution in [0.2, 0.25) is 0 Å². The van der Waals surface area contributed by atoms with Crippen LogP contribution in [0.3, 0.4) is 0 Å². The zero-order chi connectivity index (χ0) is 26.1. The van der Waals surface area contributed by atoms with Gasteiger partial charge >= 0.3 is 12.2 Å². The molecule has 190 valence electrons. The first-order valence-corrected chi connectivity index (χ1v) is 10.7. The number of alkyl halides is 3. The number of hydrogen-bond acceptors (Lipinski definition) is 6. The molecule has 36 heavy (non-hydrogen) atoms. The fourth-order valence-electron chi connectivity index (χ4n) is 3.06. The summed E-state index contributed by atoms with van der Waals surface area (Å²) in [4.78, 5) is 28.1. The van der Waals surface area contributed by atoms with Crippen molar-refractivity contribution in [3.63, 3.8) is 0 Å². The molecule has 0 aliphatic carbocycles. The van der Waals surface area contributed by atoms with Crippen LogP contribution in [0.25, 0.3) is 0 Å². The third kappa shape index (κ3) is 7.09. The maximum atomic E-state index is 13.7. The molecule has 0 atom stereocenters. The van der Waals surface area contributed by atoms with Crippen molar-refractivity contribution in [1.29, 1.82) is 0 Å². The number of urea groups is 1. The zero-order valence-electron chi connectivity index (χ0n) is 19.4. The third-order valence-corrected chi connectivity index (χ3v) is 4.71. The molecule has 0 unspecified atom stereocenters. The van der Waals surface area contributed by atoms with E-state index in [1.807, 2.05) is 0 Å². The number of halogens is 3.